The summed E-state index contributed by atoms with van der Waals surface area (Å²) in [5.74, 6) is -0.873. The Kier molecular flexibility index (Phi) is 4.76. The predicted molar refractivity (Wildman–Crippen MR) is 77.3 cm³/mol. The monoisotopic (exact) mass is 279 g/mol. The molecule has 0 aromatic heterocycles. The fourth-order valence-corrected chi connectivity index (χ4v) is 1.62. The van der Waals surface area contributed by atoms with Crippen molar-refractivity contribution in [1.29, 1.82) is 0 Å². The Labute approximate surface area is 118 Å². The van der Waals surface area contributed by atoms with Crippen LogP contribution >= 0.6 is 0 Å². The van der Waals surface area contributed by atoms with Gasteiger partial charge in [-0.2, -0.15) is 0 Å². The van der Waals surface area contributed by atoms with Crippen molar-refractivity contribution < 1.29 is 19.4 Å². The van der Waals surface area contributed by atoms with E-state index in [1.165, 1.54) is 0 Å². The molecule has 2 N–H and O–H groups in total. The maximum absolute atomic E-state index is 11.7. The number of benzene rings is 1. The molecule has 1 rings (SSSR count). The van der Waals surface area contributed by atoms with Crippen LogP contribution in [0.15, 0.2) is 18.2 Å². The molecule has 0 unspecified atom stereocenters. The molecule has 20 heavy (non-hydrogen) atoms. The second kappa shape index (κ2) is 5.94. The fraction of sp³-hybridized carbons (Fsp3) is 0.467. The van der Waals surface area contributed by atoms with E-state index >= 15 is 0 Å². The minimum Gasteiger partial charge on any atom is -0.478 e. The lowest BCUT2D eigenvalue weighted by Gasteiger charge is -2.20. The summed E-state index contributed by atoms with van der Waals surface area (Å²) in [7, 11) is 0. The highest BCUT2D eigenvalue weighted by Crippen LogP contribution is 2.23. The summed E-state index contributed by atoms with van der Waals surface area (Å²) in [6, 6.07) is 4.95. The van der Waals surface area contributed by atoms with Crippen LogP contribution < -0.4 is 5.32 Å². The number of hydrogen-bond acceptors (Lipinski definition) is 3. The van der Waals surface area contributed by atoms with Gasteiger partial charge in [0.25, 0.3) is 0 Å². The second-order valence-electron chi connectivity index (χ2n) is 5.89. The maximum Gasteiger partial charge on any atom is 0.412 e. The number of carboxylic acid groups (broad SMARTS) is 1. The Morgan fingerprint density at radius 1 is 1.25 bits per heavy atom. The number of amides is 1. The van der Waals surface area contributed by atoms with Crippen LogP contribution in [0.3, 0.4) is 0 Å². The van der Waals surface area contributed by atoms with Crippen LogP contribution in [0.2, 0.25) is 0 Å². The van der Waals surface area contributed by atoms with E-state index < -0.39 is 17.7 Å². The Balaban J connectivity index is 3.00. The van der Waals surface area contributed by atoms with Gasteiger partial charge in [0.1, 0.15) is 5.60 Å². The van der Waals surface area contributed by atoms with Gasteiger partial charge in [-0.3, -0.25) is 5.32 Å². The van der Waals surface area contributed by atoms with Gasteiger partial charge in [0.2, 0.25) is 0 Å². The van der Waals surface area contributed by atoms with Gasteiger partial charge < -0.3 is 9.84 Å². The minimum atomic E-state index is -1.08. The topological polar surface area (TPSA) is 75.6 Å². The number of nitrogens with one attached hydrogen (secondary N) is 1. The smallest absolute Gasteiger partial charge is 0.412 e. The number of carbonyl (C=O) groups excluding carboxylic acids is 1. The van der Waals surface area contributed by atoms with Crippen LogP contribution in [-0.4, -0.2) is 22.8 Å². The van der Waals surface area contributed by atoms with Crippen molar-refractivity contribution >= 4 is 17.7 Å². The van der Waals surface area contributed by atoms with Crippen LogP contribution in [0.1, 0.15) is 56.5 Å². The predicted octanol–water partition coefficient (Wildman–Crippen LogP) is 3.86. The van der Waals surface area contributed by atoms with E-state index in [-0.39, 0.29) is 17.2 Å². The van der Waals surface area contributed by atoms with Gasteiger partial charge in [0, 0.05) is 0 Å². The maximum atomic E-state index is 11.7. The van der Waals surface area contributed by atoms with Gasteiger partial charge in [-0.25, -0.2) is 9.59 Å². The Morgan fingerprint density at radius 2 is 1.85 bits per heavy atom. The molecule has 0 aliphatic rings. The van der Waals surface area contributed by atoms with Crippen molar-refractivity contribution in [2.45, 2.75) is 46.1 Å². The molecule has 110 valence electrons. The lowest BCUT2D eigenvalue weighted by Crippen LogP contribution is -2.27. The first-order valence-corrected chi connectivity index (χ1v) is 6.47. The van der Waals surface area contributed by atoms with Crippen molar-refractivity contribution in [2.24, 2.45) is 0 Å². The van der Waals surface area contributed by atoms with E-state index in [2.05, 4.69) is 5.32 Å². The Hall–Kier alpha value is -2.04. The third kappa shape index (κ3) is 4.57. The van der Waals surface area contributed by atoms with Gasteiger partial charge in [0.15, 0.2) is 0 Å². The number of aromatic carboxylic acids is 1. The number of rotatable bonds is 3. The zero-order valence-corrected chi connectivity index (χ0v) is 12.5. The van der Waals surface area contributed by atoms with Gasteiger partial charge in [-0.15, -0.1) is 0 Å². The van der Waals surface area contributed by atoms with E-state index in [1.54, 1.807) is 39.0 Å². The standard InChI is InChI=1S/C15H21NO4/c1-9(2)10-6-7-12(11(8-10)13(17)18)16-14(19)20-15(3,4)5/h6-9H,1-5H3,(H,16,19)(H,17,18). The summed E-state index contributed by atoms with van der Waals surface area (Å²) in [6.07, 6.45) is -0.669. The van der Waals surface area contributed by atoms with Gasteiger partial charge >= 0.3 is 12.1 Å². The van der Waals surface area contributed by atoms with Crippen molar-refractivity contribution in [3.8, 4) is 0 Å². The van der Waals surface area contributed by atoms with Crippen LogP contribution in [0.25, 0.3) is 0 Å². The van der Waals surface area contributed by atoms with Crippen LogP contribution in [0, 0.1) is 0 Å². The molecule has 0 aliphatic carbocycles. The van der Waals surface area contributed by atoms with E-state index in [9.17, 15) is 14.7 Å². The van der Waals surface area contributed by atoms with Crippen molar-refractivity contribution in [1.82, 2.24) is 0 Å². The van der Waals surface area contributed by atoms with E-state index in [0.29, 0.717) is 0 Å². The molecule has 1 aromatic rings. The summed E-state index contributed by atoms with van der Waals surface area (Å²) < 4.78 is 5.11. The molecule has 0 spiro atoms. The number of ether oxygens (including phenoxy) is 1. The number of carboxylic acids is 1. The molecule has 0 atom stereocenters. The second-order valence-corrected chi connectivity index (χ2v) is 5.89. The third-order valence-electron chi connectivity index (χ3n) is 2.58. The zero-order valence-electron chi connectivity index (χ0n) is 12.5. The summed E-state index contributed by atoms with van der Waals surface area (Å²) >= 11 is 0. The molecular weight excluding hydrogens is 258 g/mol. The first-order valence-electron chi connectivity index (χ1n) is 6.47. The average Bonchev–Trinajstić information content (AvgIpc) is 2.25. The largest absolute Gasteiger partial charge is 0.478 e. The molecule has 0 bridgehead atoms. The first kappa shape index (κ1) is 16.0. The normalized spacial score (nSPS) is 11.3. The Bertz CT molecular complexity index is 515. The highest BCUT2D eigenvalue weighted by atomic mass is 16.6. The van der Waals surface area contributed by atoms with E-state index in [1.807, 2.05) is 13.8 Å². The quantitative estimate of drug-likeness (QED) is 0.881. The highest BCUT2D eigenvalue weighted by Gasteiger charge is 2.19. The molecule has 1 amide bonds. The van der Waals surface area contributed by atoms with Gasteiger partial charge in [0.05, 0.1) is 11.3 Å². The van der Waals surface area contributed by atoms with Crippen LogP contribution in [-0.2, 0) is 4.74 Å². The lowest BCUT2D eigenvalue weighted by atomic mass is 10.00. The van der Waals surface area contributed by atoms with Gasteiger partial charge in [-0.1, -0.05) is 19.9 Å². The summed E-state index contributed by atoms with van der Waals surface area (Å²) in [5, 5.41) is 11.7. The molecule has 1 aromatic carbocycles. The Morgan fingerprint density at radius 3 is 2.30 bits per heavy atom. The molecule has 0 aliphatic heterocycles. The molecule has 0 heterocycles. The summed E-state index contributed by atoms with van der Waals surface area (Å²) in [6.45, 7) is 9.18. The van der Waals surface area contributed by atoms with Crippen LogP contribution in [0.4, 0.5) is 10.5 Å². The molecular formula is C15H21NO4. The zero-order chi connectivity index (χ0) is 15.5. The number of hydrogen-bond donors (Lipinski definition) is 2. The van der Waals surface area contributed by atoms with E-state index in [0.717, 1.165) is 5.56 Å². The van der Waals surface area contributed by atoms with Crippen molar-refractivity contribution in [3.63, 3.8) is 0 Å². The third-order valence-corrected chi connectivity index (χ3v) is 2.58. The molecule has 0 radical (unpaired) electrons. The average molecular weight is 279 g/mol. The molecule has 0 fully saturated rings. The molecule has 0 saturated heterocycles. The SMILES string of the molecule is CC(C)c1ccc(NC(=O)OC(C)(C)C)c(C(=O)O)c1. The molecule has 5 nitrogen and oxygen atoms in total. The van der Waals surface area contributed by atoms with Crippen molar-refractivity contribution in [3.05, 3.63) is 29.3 Å². The van der Waals surface area contributed by atoms with Crippen molar-refractivity contribution in [2.75, 3.05) is 5.32 Å². The summed E-state index contributed by atoms with van der Waals surface area (Å²) in [5.41, 5.74) is 0.557. The summed E-state index contributed by atoms with van der Waals surface area (Å²) in [4.78, 5) is 23.0. The van der Waals surface area contributed by atoms with Gasteiger partial charge in [-0.05, 0) is 44.4 Å². The molecule has 5 heteroatoms. The molecule has 0 saturated carbocycles. The van der Waals surface area contributed by atoms with E-state index in [4.69, 9.17) is 4.74 Å². The number of carbonyl (C=O) groups is 2. The first-order chi connectivity index (χ1) is 9.10. The number of anilines is 1. The van der Waals surface area contributed by atoms with Crippen LogP contribution in [0.5, 0.6) is 0 Å². The highest BCUT2D eigenvalue weighted by molar-refractivity contribution is 5.99. The fourth-order valence-electron chi connectivity index (χ4n) is 1.62. The lowest BCUT2D eigenvalue weighted by molar-refractivity contribution is 0.0636. The minimum absolute atomic E-state index is 0.0575.